The lowest BCUT2D eigenvalue weighted by molar-refractivity contribution is -0.169. The number of carbonyl (C=O) groups excluding carboxylic acids is 1. The van der Waals surface area contributed by atoms with Gasteiger partial charge in [-0.15, -0.1) is 0 Å². The highest BCUT2D eigenvalue weighted by atomic mass is 16.7. The minimum absolute atomic E-state index is 0.225. The van der Waals surface area contributed by atoms with Gasteiger partial charge >= 0.3 is 0 Å². The normalized spacial score (nSPS) is 12.9. The molecule has 1 atom stereocenters. The van der Waals surface area contributed by atoms with Crippen LogP contribution in [0.5, 0.6) is 0 Å². The third kappa shape index (κ3) is 2.43. The van der Waals surface area contributed by atoms with Crippen LogP contribution in [-0.2, 0) is 9.63 Å². The fourth-order valence-corrected chi connectivity index (χ4v) is 0.377. The maximum atomic E-state index is 10.7. The topological polar surface area (TPSA) is 55.6 Å². The summed E-state index contributed by atoms with van der Waals surface area (Å²) in [6.45, 7) is 1.61. The van der Waals surface area contributed by atoms with Crippen LogP contribution in [0.15, 0.2) is 0 Å². The molecule has 0 rings (SSSR count). The highest BCUT2D eigenvalue weighted by molar-refractivity contribution is 5.79. The van der Waals surface area contributed by atoms with Crippen LogP contribution >= 0.6 is 0 Å². The first kappa shape index (κ1) is 8.39. The van der Waals surface area contributed by atoms with E-state index in [0.29, 0.717) is 0 Å². The average Bonchev–Trinajstić information content (AvgIpc) is 1.84. The van der Waals surface area contributed by atoms with E-state index in [-0.39, 0.29) is 5.91 Å². The number of rotatable bonds is 2. The molecular weight excluding hydrogens is 120 g/mol. The SMILES string of the molecule is CON(C)C(=O)C(C)N. The fourth-order valence-electron chi connectivity index (χ4n) is 0.377. The van der Waals surface area contributed by atoms with Gasteiger partial charge in [0.2, 0.25) is 0 Å². The van der Waals surface area contributed by atoms with Gasteiger partial charge in [0, 0.05) is 7.05 Å². The molecule has 2 N–H and O–H groups in total. The summed E-state index contributed by atoms with van der Waals surface area (Å²) in [5.74, 6) is -0.225. The lowest BCUT2D eigenvalue weighted by atomic mass is 10.3. The Morgan fingerprint density at radius 3 is 2.33 bits per heavy atom. The maximum Gasteiger partial charge on any atom is 0.262 e. The fraction of sp³-hybridized carbons (Fsp3) is 0.800. The molecule has 4 nitrogen and oxygen atoms in total. The Kier molecular flexibility index (Phi) is 3.19. The number of hydrogen-bond acceptors (Lipinski definition) is 3. The Labute approximate surface area is 54.5 Å². The molecule has 4 heteroatoms. The zero-order chi connectivity index (χ0) is 7.44. The third-order valence-electron chi connectivity index (χ3n) is 0.974. The van der Waals surface area contributed by atoms with Crippen molar-refractivity contribution in [3.8, 4) is 0 Å². The number of likely N-dealkylation sites (N-methyl/N-ethyl adjacent to an activating group) is 1. The first-order chi connectivity index (χ1) is 4.09. The lowest BCUT2D eigenvalue weighted by Crippen LogP contribution is -2.38. The zero-order valence-electron chi connectivity index (χ0n) is 5.92. The van der Waals surface area contributed by atoms with Crippen molar-refractivity contribution in [3.63, 3.8) is 0 Å². The van der Waals surface area contributed by atoms with Gasteiger partial charge in [0.05, 0.1) is 13.2 Å². The van der Waals surface area contributed by atoms with Gasteiger partial charge in [0.1, 0.15) is 0 Å². The first-order valence-corrected chi connectivity index (χ1v) is 2.67. The number of nitrogens with two attached hydrogens (primary N) is 1. The first-order valence-electron chi connectivity index (χ1n) is 2.67. The number of hydroxylamine groups is 2. The molecule has 0 aromatic rings. The van der Waals surface area contributed by atoms with Gasteiger partial charge in [-0.2, -0.15) is 0 Å². The van der Waals surface area contributed by atoms with Crippen LogP contribution in [0.4, 0.5) is 0 Å². The van der Waals surface area contributed by atoms with Crippen LogP contribution in [0.25, 0.3) is 0 Å². The van der Waals surface area contributed by atoms with Crippen molar-refractivity contribution in [1.82, 2.24) is 5.06 Å². The molecule has 0 heterocycles. The molecule has 54 valence electrons. The molecule has 0 aromatic carbocycles. The van der Waals surface area contributed by atoms with Gasteiger partial charge < -0.3 is 5.73 Å². The Morgan fingerprint density at radius 2 is 2.22 bits per heavy atom. The quantitative estimate of drug-likeness (QED) is 0.508. The molecule has 0 aliphatic heterocycles. The van der Waals surface area contributed by atoms with Crippen LogP contribution < -0.4 is 5.73 Å². The Hall–Kier alpha value is -0.610. The molecular formula is C5H12N2O2. The smallest absolute Gasteiger partial charge is 0.262 e. The van der Waals surface area contributed by atoms with Crippen molar-refractivity contribution in [2.75, 3.05) is 14.2 Å². The second kappa shape index (κ2) is 3.42. The van der Waals surface area contributed by atoms with Crippen molar-refractivity contribution in [3.05, 3.63) is 0 Å². The van der Waals surface area contributed by atoms with E-state index in [9.17, 15) is 4.79 Å². The maximum absolute atomic E-state index is 10.7. The summed E-state index contributed by atoms with van der Waals surface area (Å²) in [7, 11) is 2.94. The molecule has 9 heavy (non-hydrogen) atoms. The number of amides is 1. The molecule has 0 radical (unpaired) electrons. The highest BCUT2D eigenvalue weighted by Crippen LogP contribution is 1.86. The standard InChI is InChI=1S/C5H12N2O2/c1-4(6)5(8)7(2)9-3/h4H,6H2,1-3H3. The molecule has 0 fully saturated rings. The second-order valence-corrected chi connectivity index (χ2v) is 1.81. The summed E-state index contributed by atoms with van der Waals surface area (Å²) in [6.07, 6.45) is 0. The molecule has 0 aliphatic rings. The summed E-state index contributed by atoms with van der Waals surface area (Å²) < 4.78 is 0. The van der Waals surface area contributed by atoms with Gasteiger partial charge in [-0.1, -0.05) is 0 Å². The summed E-state index contributed by atoms with van der Waals surface area (Å²) in [4.78, 5) is 15.3. The van der Waals surface area contributed by atoms with Crippen LogP contribution in [0, 0.1) is 0 Å². The lowest BCUT2D eigenvalue weighted by Gasteiger charge is -2.15. The summed E-state index contributed by atoms with van der Waals surface area (Å²) in [6, 6.07) is -0.491. The molecule has 0 aromatic heterocycles. The Bertz CT molecular complexity index is 103. The third-order valence-corrected chi connectivity index (χ3v) is 0.974. The monoisotopic (exact) mass is 132 g/mol. The predicted molar refractivity (Wildman–Crippen MR) is 33.4 cm³/mol. The summed E-state index contributed by atoms with van der Waals surface area (Å²) in [5.41, 5.74) is 5.24. The largest absolute Gasteiger partial charge is 0.320 e. The molecule has 0 aliphatic carbocycles. The minimum atomic E-state index is -0.491. The van der Waals surface area contributed by atoms with Gasteiger partial charge in [-0.3, -0.25) is 9.63 Å². The average molecular weight is 132 g/mol. The molecule has 0 bridgehead atoms. The summed E-state index contributed by atoms with van der Waals surface area (Å²) >= 11 is 0. The van der Waals surface area contributed by atoms with Gasteiger partial charge in [-0.25, -0.2) is 5.06 Å². The van der Waals surface area contributed by atoms with E-state index in [1.165, 1.54) is 14.2 Å². The van der Waals surface area contributed by atoms with Crippen LogP contribution in [0.2, 0.25) is 0 Å². The van der Waals surface area contributed by atoms with E-state index in [0.717, 1.165) is 5.06 Å². The van der Waals surface area contributed by atoms with Crippen LogP contribution in [0.1, 0.15) is 6.92 Å². The van der Waals surface area contributed by atoms with E-state index in [2.05, 4.69) is 4.84 Å². The second-order valence-electron chi connectivity index (χ2n) is 1.81. The van der Waals surface area contributed by atoms with Gasteiger partial charge in [0.15, 0.2) is 0 Å². The van der Waals surface area contributed by atoms with Crippen molar-refractivity contribution in [1.29, 1.82) is 0 Å². The molecule has 0 saturated carbocycles. The van der Waals surface area contributed by atoms with Crippen molar-refractivity contribution in [2.45, 2.75) is 13.0 Å². The van der Waals surface area contributed by atoms with E-state index in [1.54, 1.807) is 6.92 Å². The summed E-state index contributed by atoms with van der Waals surface area (Å²) in [5, 5.41) is 1.10. The molecule has 1 unspecified atom stereocenters. The van der Waals surface area contributed by atoms with Gasteiger partial charge in [0.25, 0.3) is 5.91 Å². The number of carbonyl (C=O) groups is 1. The predicted octanol–water partition coefficient (Wildman–Crippen LogP) is -0.647. The van der Waals surface area contributed by atoms with Gasteiger partial charge in [-0.05, 0) is 6.92 Å². The van der Waals surface area contributed by atoms with E-state index >= 15 is 0 Å². The Morgan fingerprint density at radius 1 is 1.78 bits per heavy atom. The highest BCUT2D eigenvalue weighted by Gasteiger charge is 2.11. The number of hydrogen-bond donors (Lipinski definition) is 1. The number of nitrogens with zero attached hydrogens (tertiary/aromatic N) is 1. The van der Waals surface area contributed by atoms with Crippen molar-refractivity contribution in [2.24, 2.45) is 5.73 Å². The van der Waals surface area contributed by atoms with Crippen LogP contribution in [-0.4, -0.2) is 31.2 Å². The molecule has 1 amide bonds. The molecule has 0 spiro atoms. The zero-order valence-corrected chi connectivity index (χ0v) is 5.92. The molecule has 0 saturated heterocycles. The van der Waals surface area contributed by atoms with Crippen LogP contribution in [0.3, 0.4) is 0 Å². The Balaban J connectivity index is 3.73. The van der Waals surface area contributed by atoms with E-state index in [1.807, 2.05) is 0 Å². The van der Waals surface area contributed by atoms with E-state index in [4.69, 9.17) is 5.73 Å². The van der Waals surface area contributed by atoms with E-state index < -0.39 is 6.04 Å². The minimum Gasteiger partial charge on any atom is -0.320 e. The van der Waals surface area contributed by atoms with Crippen molar-refractivity contribution >= 4 is 5.91 Å². The van der Waals surface area contributed by atoms with Crippen molar-refractivity contribution < 1.29 is 9.63 Å².